The zero-order chi connectivity index (χ0) is 39.0. The van der Waals surface area contributed by atoms with Gasteiger partial charge < -0.3 is 19.6 Å². The fourth-order valence-corrected chi connectivity index (χ4v) is 7.47. The summed E-state index contributed by atoms with van der Waals surface area (Å²) in [6.45, 7) is 14.8. The highest BCUT2D eigenvalue weighted by Gasteiger charge is 2.34. The Bertz CT molecular complexity index is 1910. The second-order valence-corrected chi connectivity index (χ2v) is 16.2. The Morgan fingerprint density at radius 3 is 1.91 bits per heavy atom. The molecule has 2 heterocycles. The molecule has 0 N–H and O–H groups in total. The first-order valence-electron chi connectivity index (χ1n) is 19.4. The minimum atomic E-state index is -0.704. The zero-order valence-electron chi connectivity index (χ0n) is 32.7. The van der Waals surface area contributed by atoms with E-state index in [4.69, 9.17) is 11.6 Å². The van der Waals surface area contributed by atoms with Crippen LogP contribution in [0.15, 0.2) is 109 Å². The highest BCUT2D eigenvalue weighted by atomic mass is 35.5. The van der Waals surface area contributed by atoms with E-state index in [0.29, 0.717) is 32.6 Å². The van der Waals surface area contributed by atoms with Gasteiger partial charge in [-0.15, -0.1) is 0 Å². The van der Waals surface area contributed by atoms with Crippen molar-refractivity contribution in [2.75, 3.05) is 57.3 Å². The first-order chi connectivity index (χ1) is 26.4. The highest BCUT2D eigenvalue weighted by Crippen LogP contribution is 2.24. The van der Waals surface area contributed by atoms with Gasteiger partial charge >= 0.3 is 0 Å². The van der Waals surface area contributed by atoms with E-state index in [0.717, 1.165) is 60.1 Å². The Hall–Kier alpha value is -4.92. The number of hydrogen-bond acceptors (Lipinski definition) is 5. The number of rotatable bonds is 11. The third-order valence-corrected chi connectivity index (χ3v) is 11.0. The van der Waals surface area contributed by atoms with Gasteiger partial charge in [0.15, 0.2) is 0 Å². The number of hydrogen-bond donors (Lipinski definition) is 0. The minimum absolute atomic E-state index is 0.0274. The fraction of sp³-hybridized carbons (Fsp3) is 0.370. The van der Waals surface area contributed by atoms with Crippen molar-refractivity contribution < 1.29 is 14.4 Å². The molecule has 0 spiro atoms. The van der Waals surface area contributed by atoms with E-state index in [2.05, 4.69) is 67.0 Å². The largest absolute Gasteiger partial charge is 0.368 e. The van der Waals surface area contributed by atoms with Crippen molar-refractivity contribution in [3.8, 4) is 0 Å². The summed E-state index contributed by atoms with van der Waals surface area (Å²) in [7, 11) is 0. The molecule has 9 heteroatoms. The van der Waals surface area contributed by atoms with Crippen LogP contribution < -0.4 is 4.90 Å². The van der Waals surface area contributed by atoms with E-state index in [1.807, 2.05) is 82.6 Å². The number of halogens is 1. The van der Waals surface area contributed by atoms with Gasteiger partial charge in [-0.25, -0.2) is 0 Å². The number of nitrogens with zero attached hydrogens (tertiary/aromatic N) is 5. The number of amides is 3. The maximum absolute atomic E-state index is 14.7. The van der Waals surface area contributed by atoms with Gasteiger partial charge in [-0.2, -0.15) is 0 Å². The van der Waals surface area contributed by atoms with Crippen molar-refractivity contribution in [3.05, 3.63) is 142 Å². The van der Waals surface area contributed by atoms with Crippen LogP contribution in [0.1, 0.15) is 55.5 Å². The van der Waals surface area contributed by atoms with Crippen LogP contribution in [-0.4, -0.2) is 95.7 Å². The molecule has 1 atom stereocenters. The second-order valence-electron chi connectivity index (χ2n) is 15.8. The van der Waals surface area contributed by atoms with E-state index in [1.165, 1.54) is 11.1 Å². The molecular weight excluding hydrogens is 706 g/mol. The summed E-state index contributed by atoms with van der Waals surface area (Å²) in [5.74, 6) is -0.138. The van der Waals surface area contributed by atoms with Crippen LogP contribution in [0.4, 0.5) is 5.69 Å². The van der Waals surface area contributed by atoms with E-state index in [1.54, 1.807) is 17.9 Å². The van der Waals surface area contributed by atoms with Gasteiger partial charge in [0.25, 0.3) is 0 Å². The molecular formula is C46H54ClN5O3. The smallest absolute Gasteiger partial charge is 0.247 e. The average molecular weight is 760 g/mol. The summed E-state index contributed by atoms with van der Waals surface area (Å²) in [6.07, 6.45) is 3.87. The lowest BCUT2D eigenvalue weighted by molar-refractivity contribution is -0.145. The van der Waals surface area contributed by atoms with Gasteiger partial charge in [0.2, 0.25) is 17.7 Å². The van der Waals surface area contributed by atoms with Gasteiger partial charge in [-0.3, -0.25) is 19.3 Å². The first-order valence-corrected chi connectivity index (χ1v) is 19.8. The van der Waals surface area contributed by atoms with Gasteiger partial charge in [0.1, 0.15) is 6.04 Å². The monoisotopic (exact) mass is 759 g/mol. The van der Waals surface area contributed by atoms with E-state index < -0.39 is 6.04 Å². The first kappa shape index (κ1) is 39.8. The van der Waals surface area contributed by atoms with Crippen LogP contribution in [0, 0.1) is 0 Å². The SMILES string of the molecule is CC(=O)N1CCN(c2ccc(CN(C(=O)C=Cc3ccc(C(C)(C)C)cc3)[C@@H](Cc3ccccc3)C(=O)N3CCN(Cc4ccc(Cl)cc4)CC3)cc2)CC1. The summed E-state index contributed by atoms with van der Waals surface area (Å²) in [4.78, 5) is 51.3. The predicted octanol–water partition coefficient (Wildman–Crippen LogP) is 7.30. The van der Waals surface area contributed by atoms with Gasteiger partial charge in [0.05, 0.1) is 0 Å². The summed E-state index contributed by atoms with van der Waals surface area (Å²) < 4.78 is 0. The molecule has 0 saturated carbocycles. The minimum Gasteiger partial charge on any atom is -0.368 e. The molecule has 0 radical (unpaired) electrons. The van der Waals surface area contributed by atoms with Crippen molar-refractivity contribution in [2.45, 2.75) is 58.7 Å². The van der Waals surface area contributed by atoms with Crippen molar-refractivity contribution in [1.82, 2.24) is 19.6 Å². The van der Waals surface area contributed by atoms with Gasteiger partial charge in [-0.05, 0) is 63.6 Å². The Kier molecular flexibility index (Phi) is 13.1. The third-order valence-electron chi connectivity index (χ3n) is 10.8. The Morgan fingerprint density at radius 1 is 0.709 bits per heavy atom. The maximum atomic E-state index is 14.7. The lowest BCUT2D eigenvalue weighted by Crippen LogP contribution is -2.56. The van der Waals surface area contributed by atoms with E-state index in [9.17, 15) is 14.4 Å². The normalized spacial score (nSPS) is 16.0. The van der Waals surface area contributed by atoms with Crippen LogP contribution in [0.3, 0.4) is 0 Å². The summed E-state index contributed by atoms with van der Waals surface area (Å²) >= 11 is 6.12. The molecule has 0 unspecified atom stereocenters. The predicted molar refractivity (Wildman–Crippen MR) is 223 cm³/mol. The molecule has 3 amide bonds. The molecule has 2 aliphatic heterocycles. The lowest BCUT2D eigenvalue weighted by Gasteiger charge is -2.39. The molecule has 4 aromatic carbocycles. The van der Waals surface area contributed by atoms with Crippen LogP contribution >= 0.6 is 11.6 Å². The fourth-order valence-electron chi connectivity index (χ4n) is 7.34. The van der Waals surface area contributed by atoms with Crippen LogP contribution in [0.5, 0.6) is 0 Å². The number of anilines is 1. The number of carbonyl (C=O) groups is 3. The Morgan fingerprint density at radius 2 is 1.31 bits per heavy atom. The Labute approximate surface area is 332 Å². The third kappa shape index (κ3) is 10.9. The highest BCUT2D eigenvalue weighted by molar-refractivity contribution is 6.30. The molecule has 55 heavy (non-hydrogen) atoms. The van der Waals surface area contributed by atoms with Crippen molar-refractivity contribution >= 4 is 41.1 Å². The molecule has 8 nitrogen and oxygen atoms in total. The second kappa shape index (κ2) is 18.1. The Balaban J connectivity index is 1.25. The number of carbonyl (C=O) groups excluding carboxylic acids is 3. The molecule has 288 valence electrons. The molecule has 6 rings (SSSR count). The van der Waals surface area contributed by atoms with Crippen LogP contribution in [-0.2, 0) is 39.3 Å². The van der Waals surface area contributed by atoms with Crippen molar-refractivity contribution in [3.63, 3.8) is 0 Å². The maximum Gasteiger partial charge on any atom is 0.247 e. The van der Waals surface area contributed by atoms with E-state index in [-0.39, 0.29) is 29.7 Å². The summed E-state index contributed by atoms with van der Waals surface area (Å²) in [5, 5.41) is 0.719. The number of benzene rings is 4. The van der Waals surface area contributed by atoms with Crippen molar-refractivity contribution in [2.24, 2.45) is 0 Å². The molecule has 4 aromatic rings. The van der Waals surface area contributed by atoms with Gasteiger partial charge in [-0.1, -0.05) is 111 Å². The molecule has 0 aliphatic carbocycles. The lowest BCUT2D eigenvalue weighted by atomic mass is 9.87. The standard InChI is InChI=1S/C46H54ClN5O3/c1-35(53)49-28-30-50(31-29-49)42-21-14-39(15-22-42)34-52(44(54)23-16-36-10-17-40(18-11-36)46(2,3)4)43(32-37-8-6-5-7-9-37)45(55)51-26-24-48(25-27-51)33-38-12-19-41(47)20-13-38/h5-23,43H,24-34H2,1-4H3/t43-/m0/s1. The quantitative estimate of drug-likeness (QED) is 0.150. The zero-order valence-corrected chi connectivity index (χ0v) is 33.4. The average Bonchev–Trinajstić information content (AvgIpc) is 3.19. The van der Waals surface area contributed by atoms with Crippen molar-refractivity contribution in [1.29, 1.82) is 0 Å². The topological polar surface area (TPSA) is 67.4 Å². The van der Waals surface area contributed by atoms with E-state index >= 15 is 0 Å². The molecule has 2 saturated heterocycles. The van der Waals surface area contributed by atoms with Crippen LogP contribution in [0.2, 0.25) is 5.02 Å². The van der Waals surface area contributed by atoms with Crippen LogP contribution in [0.25, 0.3) is 6.08 Å². The van der Waals surface area contributed by atoms with Gasteiger partial charge in [0, 0.05) is 95.6 Å². The molecule has 0 aromatic heterocycles. The molecule has 2 aliphatic rings. The molecule has 2 fully saturated rings. The number of piperazine rings is 2. The summed E-state index contributed by atoms with van der Waals surface area (Å²) in [6, 6.07) is 33.8. The molecule has 0 bridgehead atoms. The summed E-state index contributed by atoms with van der Waals surface area (Å²) in [5.41, 5.74) is 6.40.